The lowest BCUT2D eigenvalue weighted by atomic mass is 9.87. The summed E-state index contributed by atoms with van der Waals surface area (Å²) in [6.07, 6.45) is 2.37. The molecule has 1 amide bonds. The van der Waals surface area contributed by atoms with E-state index in [-0.39, 0.29) is 5.91 Å². The third-order valence-electron chi connectivity index (χ3n) is 7.93. The van der Waals surface area contributed by atoms with Gasteiger partial charge in [0, 0.05) is 28.2 Å². The number of pyridine rings is 1. The van der Waals surface area contributed by atoms with Crippen LogP contribution < -0.4 is 5.32 Å². The molecule has 0 bridgehead atoms. The predicted octanol–water partition coefficient (Wildman–Crippen LogP) is 8.50. The van der Waals surface area contributed by atoms with E-state index in [1.165, 1.54) is 24.0 Å². The molecule has 5 heteroatoms. The van der Waals surface area contributed by atoms with E-state index in [1.54, 1.807) is 0 Å². The molecule has 0 aliphatic carbocycles. The lowest BCUT2D eigenvalue weighted by Gasteiger charge is -2.32. The number of rotatable bonds is 6. The van der Waals surface area contributed by atoms with Gasteiger partial charge in [0.2, 0.25) is 0 Å². The number of halogens is 1. The second-order valence-electron chi connectivity index (χ2n) is 10.7. The number of fused-ring (bicyclic) bond motifs is 1. The highest BCUT2D eigenvalue weighted by Crippen LogP contribution is 2.31. The van der Waals surface area contributed by atoms with Crippen molar-refractivity contribution < 1.29 is 4.79 Å². The van der Waals surface area contributed by atoms with Crippen molar-refractivity contribution in [2.75, 3.05) is 18.4 Å². The highest BCUT2D eigenvalue weighted by Gasteiger charge is 2.22. The van der Waals surface area contributed by atoms with Gasteiger partial charge in [0.15, 0.2) is 0 Å². The number of amides is 1. The van der Waals surface area contributed by atoms with Crippen LogP contribution in [-0.4, -0.2) is 28.9 Å². The fourth-order valence-electron chi connectivity index (χ4n) is 5.67. The molecule has 1 aliphatic rings. The average Bonchev–Trinajstić information content (AvgIpc) is 2.98. The van der Waals surface area contributed by atoms with Crippen molar-refractivity contribution in [1.29, 1.82) is 0 Å². The van der Waals surface area contributed by atoms with E-state index in [1.807, 2.05) is 66.7 Å². The Bertz CT molecular complexity index is 1640. The van der Waals surface area contributed by atoms with Crippen molar-refractivity contribution in [3.63, 3.8) is 0 Å². The zero-order valence-corrected chi connectivity index (χ0v) is 23.4. The minimum atomic E-state index is -0.138. The molecule has 40 heavy (non-hydrogen) atoms. The number of piperidine rings is 1. The van der Waals surface area contributed by atoms with Gasteiger partial charge in [-0.2, -0.15) is 0 Å². The Labute approximate surface area is 240 Å². The van der Waals surface area contributed by atoms with Crippen LogP contribution in [0.2, 0.25) is 5.02 Å². The number of carbonyl (C=O) groups is 1. The first kappa shape index (κ1) is 26.2. The highest BCUT2D eigenvalue weighted by atomic mass is 35.5. The Morgan fingerprint density at radius 1 is 0.875 bits per heavy atom. The molecule has 2 heterocycles. The first-order valence-corrected chi connectivity index (χ1v) is 14.2. The molecular weight excluding hydrogens is 514 g/mol. The molecule has 4 nitrogen and oxygen atoms in total. The third kappa shape index (κ3) is 5.94. The fraction of sp³-hybridized carbons (Fsp3) is 0.200. The van der Waals surface area contributed by atoms with Gasteiger partial charge >= 0.3 is 0 Å². The number of hydrogen-bond donors (Lipinski definition) is 1. The van der Waals surface area contributed by atoms with E-state index in [0.717, 1.165) is 53.0 Å². The number of likely N-dealkylation sites (tertiary alicyclic amines) is 1. The number of nitrogens with one attached hydrogen (secondary N) is 1. The van der Waals surface area contributed by atoms with Crippen molar-refractivity contribution in [2.24, 2.45) is 0 Å². The first-order valence-electron chi connectivity index (χ1n) is 13.9. The second kappa shape index (κ2) is 11.6. The van der Waals surface area contributed by atoms with Crippen molar-refractivity contribution in [3.8, 4) is 11.1 Å². The molecule has 0 unspecified atom stereocenters. The molecule has 0 spiro atoms. The van der Waals surface area contributed by atoms with Gasteiger partial charge in [-0.1, -0.05) is 66.2 Å². The van der Waals surface area contributed by atoms with Gasteiger partial charge in [-0.3, -0.25) is 14.7 Å². The summed E-state index contributed by atoms with van der Waals surface area (Å²) in [7, 11) is 0. The number of anilines is 1. The minimum Gasteiger partial charge on any atom is -0.322 e. The SMILES string of the molecule is Cc1ccccc1C1CCN(Cc2ccc3cc(NC(=O)c4ccc(-c5ccc(Cl)cc5)cc4)ccc3n2)CC1. The van der Waals surface area contributed by atoms with Gasteiger partial charge in [-0.15, -0.1) is 0 Å². The number of aryl methyl sites for hydroxylation is 1. The molecule has 200 valence electrons. The maximum absolute atomic E-state index is 12.9. The van der Waals surface area contributed by atoms with E-state index in [2.05, 4.69) is 53.5 Å². The van der Waals surface area contributed by atoms with Crippen LogP contribution in [0.5, 0.6) is 0 Å². The number of benzene rings is 4. The Hall–Kier alpha value is -3.99. The molecule has 0 radical (unpaired) electrons. The predicted molar refractivity (Wildman–Crippen MR) is 165 cm³/mol. The second-order valence-corrected chi connectivity index (χ2v) is 11.1. The molecular formula is C35H32ClN3O. The van der Waals surface area contributed by atoms with E-state index in [9.17, 15) is 4.79 Å². The maximum Gasteiger partial charge on any atom is 0.255 e. The van der Waals surface area contributed by atoms with Crippen LogP contribution in [0.3, 0.4) is 0 Å². The van der Waals surface area contributed by atoms with Crippen molar-refractivity contribution in [3.05, 3.63) is 131 Å². The molecule has 6 rings (SSSR count). The van der Waals surface area contributed by atoms with E-state index >= 15 is 0 Å². The normalized spacial score (nSPS) is 14.3. The topological polar surface area (TPSA) is 45.2 Å². The van der Waals surface area contributed by atoms with Gasteiger partial charge in [-0.25, -0.2) is 0 Å². The fourth-order valence-corrected chi connectivity index (χ4v) is 5.80. The lowest BCUT2D eigenvalue weighted by molar-refractivity contribution is 0.102. The molecule has 0 saturated carbocycles. The van der Waals surface area contributed by atoms with Crippen LogP contribution >= 0.6 is 11.6 Å². The van der Waals surface area contributed by atoms with Gasteiger partial charge in [0.05, 0.1) is 11.2 Å². The van der Waals surface area contributed by atoms with Crippen molar-refractivity contribution in [1.82, 2.24) is 9.88 Å². The quantitative estimate of drug-likeness (QED) is 0.232. The summed E-state index contributed by atoms with van der Waals surface area (Å²) >= 11 is 5.99. The standard InChI is InChI=1S/C35H32ClN3O/c1-24-4-2-3-5-33(24)27-18-20-39(21-19-27)23-32-15-12-29-22-31(16-17-34(29)37-32)38-35(40)28-8-6-25(7-9-28)26-10-13-30(36)14-11-26/h2-17,22,27H,18-21,23H2,1H3,(H,38,40). The van der Waals surface area contributed by atoms with Gasteiger partial charge < -0.3 is 5.32 Å². The lowest BCUT2D eigenvalue weighted by Crippen LogP contribution is -2.32. The molecule has 1 aromatic heterocycles. The van der Waals surface area contributed by atoms with Crippen LogP contribution in [0.15, 0.2) is 103 Å². The molecule has 1 aliphatic heterocycles. The number of nitrogens with zero attached hydrogens (tertiary/aromatic N) is 2. The Morgan fingerprint density at radius 2 is 1.57 bits per heavy atom. The molecule has 1 fully saturated rings. The minimum absolute atomic E-state index is 0.138. The third-order valence-corrected chi connectivity index (χ3v) is 8.18. The number of hydrogen-bond acceptors (Lipinski definition) is 3. The van der Waals surface area contributed by atoms with Crippen LogP contribution in [0.4, 0.5) is 5.69 Å². The Kier molecular flexibility index (Phi) is 7.63. The zero-order valence-electron chi connectivity index (χ0n) is 22.6. The van der Waals surface area contributed by atoms with Crippen LogP contribution in [-0.2, 0) is 6.54 Å². The summed E-state index contributed by atoms with van der Waals surface area (Å²) in [5.41, 5.74) is 8.39. The maximum atomic E-state index is 12.9. The summed E-state index contributed by atoms with van der Waals surface area (Å²) in [6, 6.07) is 34.2. The summed E-state index contributed by atoms with van der Waals surface area (Å²) in [5, 5.41) is 4.74. The summed E-state index contributed by atoms with van der Waals surface area (Å²) in [4.78, 5) is 20.3. The van der Waals surface area contributed by atoms with Gasteiger partial charge in [0.1, 0.15) is 0 Å². The largest absolute Gasteiger partial charge is 0.322 e. The van der Waals surface area contributed by atoms with E-state index in [0.29, 0.717) is 16.5 Å². The molecule has 0 atom stereocenters. The first-order chi connectivity index (χ1) is 19.5. The van der Waals surface area contributed by atoms with E-state index in [4.69, 9.17) is 16.6 Å². The number of carbonyl (C=O) groups excluding carboxylic acids is 1. The van der Waals surface area contributed by atoms with E-state index < -0.39 is 0 Å². The van der Waals surface area contributed by atoms with Gasteiger partial charge in [-0.05, 0) is 110 Å². The van der Waals surface area contributed by atoms with Crippen LogP contribution in [0, 0.1) is 6.92 Å². The van der Waals surface area contributed by atoms with Crippen molar-refractivity contribution >= 4 is 34.1 Å². The monoisotopic (exact) mass is 545 g/mol. The Morgan fingerprint density at radius 3 is 2.30 bits per heavy atom. The Balaban J connectivity index is 1.07. The summed E-state index contributed by atoms with van der Waals surface area (Å²) < 4.78 is 0. The zero-order chi connectivity index (χ0) is 27.5. The smallest absolute Gasteiger partial charge is 0.255 e. The summed E-state index contributed by atoms with van der Waals surface area (Å²) in [5.74, 6) is 0.512. The summed E-state index contributed by atoms with van der Waals surface area (Å²) in [6.45, 7) is 5.26. The molecule has 1 N–H and O–H groups in total. The van der Waals surface area contributed by atoms with Crippen molar-refractivity contribution in [2.45, 2.75) is 32.2 Å². The van der Waals surface area contributed by atoms with Crippen LogP contribution in [0.1, 0.15) is 45.9 Å². The highest BCUT2D eigenvalue weighted by molar-refractivity contribution is 6.30. The number of aromatic nitrogens is 1. The van der Waals surface area contributed by atoms with Gasteiger partial charge in [0.25, 0.3) is 5.91 Å². The molecule has 5 aromatic rings. The van der Waals surface area contributed by atoms with Crippen LogP contribution in [0.25, 0.3) is 22.0 Å². The molecule has 1 saturated heterocycles. The molecule has 4 aromatic carbocycles. The average molecular weight is 546 g/mol.